The third-order valence-corrected chi connectivity index (χ3v) is 4.79. The second-order valence-electron chi connectivity index (χ2n) is 5.98. The van der Waals surface area contributed by atoms with Gasteiger partial charge in [0.2, 0.25) is 0 Å². The molecule has 0 unspecified atom stereocenters. The number of fused-ring (bicyclic) bond motifs is 1. The average Bonchev–Trinajstić information content (AvgIpc) is 3.18. The van der Waals surface area contributed by atoms with Gasteiger partial charge in [-0.1, -0.05) is 22.0 Å². The number of carbonyl (C=O) groups excluding carboxylic acids is 1. The number of nitrogens with one attached hydrogen (secondary N) is 1. The Morgan fingerprint density at radius 3 is 2.72 bits per heavy atom. The van der Waals surface area contributed by atoms with Gasteiger partial charge in [-0.3, -0.25) is 4.79 Å². The van der Waals surface area contributed by atoms with Gasteiger partial charge < -0.3 is 5.32 Å². The monoisotopic (exact) mass is 399 g/mol. The van der Waals surface area contributed by atoms with E-state index in [2.05, 4.69) is 26.3 Å². The van der Waals surface area contributed by atoms with Crippen molar-refractivity contribution in [2.45, 2.75) is 19.3 Å². The first kappa shape index (κ1) is 16.0. The van der Waals surface area contributed by atoms with Gasteiger partial charge in [-0.2, -0.15) is 5.10 Å². The maximum Gasteiger partial charge on any atom is 0.276 e. The minimum atomic E-state index is -0.292. The van der Waals surface area contributed by atoms with E-state index in [1.165, 1.54) is 12.1 Å². The topological polar surface area (TPSA) is 46.9 Å². The van der Waals surface area contributed by atoms with Crippen molar-refractivity contribution >= 4 is 27.5 Å². The van der Waals surface area contributed by atoms with E-state index in [1.807, 2.05) is 24.3 Å². The molecule has 126 valence electrons. The predicted molar refractivity (Wildman–Crippen MR) is 97.6 cm³/mol. The van der Waals surface area contributed by atoms with E-state index in [4.69, 9.17) is 0 Å². The number of aromatic nitrogens is 2. The zero-order valence-electron chi connectivity index (χ0n) is 13.3. The molecule has 1 aromatic heterocycles. The largest absolute Gasteiger partial charge is 0.321 e. The fourth-order valence-corrected chi connectivity index (χ4v) is 3.57. The van der Waals surface area contributed by atoms with Crippen molar-refractivity contribution in [2.75, 3.05) is 5.32 Å². The number of nitrogens with zero attached hydrogens (tertiary/aromatic N) is 2. The Balaban J connectivity index is 1.69. The van der Waals surface area contributed by atoms with Gasteiger partial charge in [0.1, 0.15) is 5.82 Å². The molecule has 4 rings (SSSR count). The molecule has 2 aromatic carbocycles. The Labute approximate surface area is 152 Å². The molecule has 1 heterocycles. The first-order valence-corrected chi connectivity index (χ1v) is 8.85. The van der Waals surface area contributed by atoms with Gasteiger partial charge in [0.25, 0.3) is 5.91 Å². The number of halogens is 2. The van der Waals surface area contributed by atoms with Gasteiger partial charge in [-0.15, -0.1) is 0 Å². The van der Waals surface area contributed by atoms with Crippen LogP contribution in [-0.4, -0.2) is 15.7 Å². The molecular weight excluding hydrogens is 385 g/mol. The molecule has 0 bridgehead atoms. The lowest BCUT2D eigenvalue weighted by molar-refractivity contribution is 0.102. The molecule has 25 heavy (non-hydrogen) atoms. The SMILES string of the molecule is O=C(Nc1cccc(Br)c1)c1nn(-c2ccc(F)cc2)c2c1CCC2. The van der Waals surface area contributed by atoms with Crippen LogP contribution in [0, 0.1) is 5.82 Å². The molecule has 0 fully saturated rings. The second-order valence-corrected chi connectivity index (χ2v) is 6.90. The summed E-state index contributed by atoms with van der Waals surface area (Å²) in [5.74, 6) is -0.516. The van der Waals surface area contributed by atoms with Crippen molar-refractivity contribution in [3.63, 3.8) is 0 Å². The number of benzene rings is 2. The quantitative estimate of drug-likeness (QED) is 0.703. The highest BCUT2D eigenvalue weighted by molar-refractivity contribution is 9.10. The van der Waals surface area contributed by atoms with Crippen LogP contribution in [0.4, 0.5) is 10.1 Å². The van der Waals surface area contributed by atoms with Crippen LogP contribution in [0.5, 0.6) is 0 Å². The Morgan fingerprint density at radius 1 is 1.16 bits per heavy atom. The van der Waals surface area contributed by atoms with E-state index in [1.54, 1.807) is 16.8 Å². The molecular formula is C19H15BrFN3O. The van der Waals surface area contributed by atoms with Crippen LogP contribution in [0.15, 0.2) is 53.0 Å². The Morgan fingerprint density at radius 2 is 1.96 bits per heavy atom. The van der Waals surface area contributed by atoms with Crippen LogP contribution in [0.25, 0.3) is 5.69 Å². The average molecular weight is 400 g/mol. The van der Waals surface area contributed by atoms with E-state index >= 15 is 0 Å². The third-order valence-electron chi connectivity index (χ3n) is 4.30. The van der Waals surface area contributed by atoms with Crippen LogP contribution in [-0.2, 0) is 12.8 Å². The van der Waals surface area contributed by atoms with Crippen molar-refractivity contribution in [3.8, 4) is 5.69 Å². The number of carbonyl (C=O) groups is 1. The third kappa shape index (κ3) is 3.09. The lowest BCUT2D eigenvalue weighted by atomic mass is 10.2. The van der Waals surface area contributed by atoms with Gasteiger partial charge in [0, 0.05) is 21.4 Å². The maximum absolute atomic E-state index is 13.2. The first-order valence-electron chi connectivity index (χ1n) is 8.05. The highest BCUT2D eigenvalue weighted by atomic mass is 79.9. The fraction of sp³-hybridized carbons (Fsp3) is 0.158. The standard InChI is InChI=1S/C19H15BrFN3O/c20-12-3-1-4-14(11-12)22-19(25)18-16-5-2-6-17(16)24(23-18)15-9-7-13(21)8-10-15/h1,3-4,7-11H,2,5-6H2,(H,22,25). The number of anilines is 1. The molecule has 0 saturated carbocycles. The highest BCUT2D eigenvalue weighted by Gasteiger charge is 2.27. The van der Waals surface area contributed by atoms with Crippen LogP contribution >= 0.6 is 15.9 Å². The lowest BCUT2D eigenvalue weighted by Crippen LogP contribution is -2.15. The minimum Gasteiger partial charge on any atom is -0.321 e. The van der Waals surface area contributed by atoms with Crippen molar-refractivity contribution < 1.29 is 9.18 Å². The van der Waals surface area contributed by atoms with Crippen LogP contribution < -0.4 is 5.32 Å². The summed E-state index contributed by atoms with van der Waals surface area (Å²) < 4.78 is 15.8. The summed E-state index contributed by atoms with van der Waals surface area (Å²) in [7, 11) is 0. The molecule has 0 aliphatic heterocycles. The normalized spacial score (nSPS) is 12.9. The minimum absolute atomic E-state index is 0.225. The van der Waals surface area contributed by atoms with Crippen LogP contribution in [0.3, 0.4) is 0 Å². The number of hydrogen-bond acceptors (Lipinski definition) is 2. The van der Waals surface area contributed by atoms with E-state index in [-0.39, 0.29) is 11.7 Å². The van der Waals surface area contributed by atoms with Crippen molar-refractivity contribution in [1.82, 2.24) is 9.78 Å². The lowest BCUT2D eigenvalue weighted by Gasteiger charge is -2.06. The fourth-order valence-electron chi connectivity index (χ4n) is 3.17. The molecule has 0 saturated heterocycles. The summed E-state index contributed by atoms with van der Waals surface area (Å²) >= 11 is 3.40. The molecule has 3 aromatic rings. The maximum atomic E-state index is 13.2. The van der Waals surface area contributed by atoms with E-state index in [0.29, 0.717) is 11.4 Å². The molecule has 0 spiro atoms. The van der Waals surface area contributed by atoms with Gasteiger partial charge >= 0.3 is 0 Å². The molecule has 0 atom stereocenters. The molecule has 1 aliphatic rings. The summed E-state index contributed by atoms with van der Waals surface area (Å²) in [6, 6.07) is 13.6. The van der Waals surface area contributed by atoms with E-state index in [0.717, 1.165) is 40.7 Å². The highest BCUT2D eigenvalue weighted by Crippen LogP contribution is 2.28. The number of amides is 1. The second kappa shape index (κ2) is 6.44. The van der Waals surface area contributed by atoms with Gasteiger partial charge in [0.05, 0.1) is 5.69 Å². The van der Waals surface area contributed by atoms with E-state index < -0.39 is 0 Å². The molecule has 6 heteroatoms. The smallest absolute Gasteiger partial charge is 0.276 e. The summed E-state index contributed by atoms with van der Waals surface area (Å²) in [5.41, 5.74) is 3.93. The number of hydrogen-bond donors (Lipinski definition) is 1. The molecule has 1 amide bonds. The van der Waals surface area contributed by atoms with Gasteiger partial charge in [0.15, 0.2) is 5.69 Å². The molecule has 1 aliphatic carbocycles. The molecule has 1 N–H and O–H groups in total. The van der Waals surface area contributed by atoms with E-state index in [9.17, 15) is 9.18 Å². The summed E-state index contributed by atoms with van der Waals surface area (Å²) in [4.78, 5) is 12.7. The van der Waals surface area contributed by atoms with Gasteiger partial charge in [-0.05, 0) is 61.7 Å². The predicted octanol–water partition coefficient (Wildman–Crippen LogP) is 4.51. The van der Waals surface area contributed by atoms with Crippen LogP contribution in [0.1, 0.15) is 28.2 Å². The number of rotatable bonds is 3. The molecule has 4 nitrogen and oxygen atoms in total. The van der Waals surface area contributed by atoms with Crippen molar-refractivity contribution in [1.29, 1.82) is 0 Å². The molecule has 0 radical (unpaired) electrons. The Kier molecular flexibility index (Phi) is 4.13. The zero-order chi connectivity index (χ0) is 17.4. The summed E-state index contributed by atoms with van der Waals surface area (Å²) in [6.07, 6.45) is 2.69. The van der Waals surface area contributed by atoms with Crippen molar-refractivity contribution in [2.24, 2.45) is 0 Å². The first-order chi connectivity index (χ1) is 12.1. The van der Waals surface area contributed by atoms with Crippen molar-refractivity contribution in [3.05, 3.63) is 75.8 Å². The Bertz CT molecular complexity index is 950. The van der Waals surface area contributed by atoms with Crippen LogP contribution in [0.2, 0.25) is 0 Å². The van der Waals surface area contributed by atoms with Gasteiger partial charge in [-0.25, -0.2) is 9.07 Å². The Hall–Kier alpha value is -2.47. The summed E-state index contributed by atoms with van der Waals surface area (Å²) in [5, 5.41) is 7.42. The summed E-state index contributed by atoms with van der Waals surface area (Å²) in [6.45, 7) is 0. The zero-order valence-corrected chi connectivity index (χ0v) is 14.9.